The third kappa shape index (κ3) is 6.13. The Morgan fingerprint density at radius 1 is 0.238 bits per heavy atom. The Bertz CT molecular complexity index is 3420. The summed E-state index contributed by atoms with van der Waals surface area (Å²) in [6, 6.07) is 85.6. The lowest BCUT2D eigenvalue weighted by atomic mass is 9.89. The maximum absolute atomic E-state index is 3.91. The van der Waals surface area contributed by atoms with Crippen LogP contribution < -0.4 is 4.90 Å². The molecule has 0 atom stereocenters. The third-order valence-corrected chi connectivity index (χ3v) is 12.6. The van der Waals surface area contributed by atoms with E-state index in [4.69, 9.17) is 0 Å². The first-order valence-electron chi connectivity index (χ1n) is 21.6. The first kappa shape index (κ1) is 36.5. The van der Waals surface area contributed by atoms with Crippen molar-refractivity contribution in [3.8, 4) is 55.6 Å². The summed E-state index contributed by atoms with van der Waals surface area (Å²) in [6.07, 6.45) is 0. The van der Waals surface area contributed by atoms with E-state index in [0.717, 1.165) is 83.6 Å². The van der Waals surface area contributed by atoms with Gasteiger partial charge in [0.05, 0.1) is 28.1 Å². The van der Waals surface area contributed by atoms with Crippen LogP contribution in [0.5, 0.6) is 0 Å². The maximum atomic E-state index is 3.91. The van der Waals surface area contributed by atoms with E-state index < -0.39 is 0 Å². The topological polar surface area (TPSA) is 34.8 Å². The Labute approximate surface area is 366 Å². The van der Waals surface area contributed by atoms with Crippen LogP contribution in [0.2, 0.25) is 0 Å². The standard InChI is InChI=1S/C60H41N3/c1-4-20-40(21-5-1)43-26-12-17-33-54(43)63(55-34-18-13-29-50(55)57-44(41-22-6-2-7-23-41)36-38-48-46-27-10-15-31-52(46)61-59(48)57)56-35-19-14-30-51(56)58-45(42-24-8-3-9-25-42)37-39-49-47-28-11-16-32-53(47)62-60(49)58/h1-39,61-62H. The molecule has 12 aromatic rings. The molecule has 0 amide bonds. The molecule has 0 fully saturated rings. The molecule has 296 valence electrons. The van der Waals surface area contributed by atoms with Crippen LogP contribution in [-0.4, -0.2) is 9.97 Å². The van der Waals surface area contributed by atoms with Gasteiger partial charge in [0.2, 0.25) is 0 Å². The fourth-order valence-electron chi connectivity index (χ4n) is 9.79. The highest BCUT2D eigenvalue weighted by atomic mass is 15.2. The van der Waals surface area contributed by atoms with Crippen LogP contribution in [-0.2, 0) is 0 Å². The van der Waals surface area contributed by atoms with Gasteiger partial charge in [-0.3, -0.25) is 0 Å². The fraction of sp³-hybridized carbons (Fsp3) is 0. The summed E-state index contributed by atoms with van der Waals surface area (Å²) < 4.78 is 0. The van der Waals surface area contributed by atoms with Gasteiger partial charge in [0.1, 0.15) is 0 Å². The van der Waals surface area contributed by atoms with Gasteiger partial charge in [0.25, 0.3) is 0 Å². The highest BCUT2D eigenvalue weighted by molar-refractivity contribution is 6.18. The molecule has 0 aliphatic heterocycles. The zero-order chi connectivity index (χ0) is 41.7. The summed E-state index contributed by atoms with van der Waals surface area (Å²) in [4.78, 5) is 10.3. The number of H-pyrrole nitrogens is 2. The molecule has 0 spiro atoms. The van der Waals surface area contributed by atoms with Crippen molar-refractivity contribution in [3.05, 3.63) is 237 Å². The van der Waals surface area contributed by atoms with Crippen LogP contribution in [0.3, 0.4) is 0 Å². The molecule has 0 saturated heterocycles. The molecule has 0 aliphatic rings. The third-order valence-electron chi connectivity index (χ3n) is 12.6. The monoisotopic (exact) mass is 803 g/mol. The van der Waals surface area contributed by atoms with Crippen molar-refractivity contribution in [2.45, 2.75) is 0 Å². The number of benzene rings is 10. The fourth-order valence-corrected chi connectivity index (χ4v) is 9.79. The van der Waals surface area contributed by atoms with E-state index in [1.165, 1.54) is 32.7 Å². The zero-order valence-corrected chi connectivity index (χ0v) is 34.5. The predicted octanol–water partition coefficient (Wildman–Crippen LogP) is 16.8. The minimum absolute atomic E-state index is 1.07. The van der Waals surface area contributed by atoms with Crippen LogP contribution in [0.15, 0.2) is 237 Å². The van der Waals surface area contributed by atoms with Crippen molar-refractivity contribution in [2.24, 2.45) is 0 Å². The van der Waals surface area contributed by atoms with E-state index in [9.17, 15) is 0 Å². The summed E-state index contributed by atoms with van der Waals surface area (Å²) in [5.41, 5.74) is 19.2. The molecular formula is C60H41N3. The highest BCUT2D eigenvalue weighted by Gasteiger charge is 2.27. The number of hydrogen-bond acceptors (Lipinski definition) is 1. The molecule has 3 heteroatoms. The molecule has 3 nitrogen and oxygen atoms in total. The molecule has 0 aliphatic carbocycles. The Morgan fingerprint density at radius 3 is 1.02 bits per heavy atom. The lowest BCUT2D eigenvalue weighted by molar-refractivity contribution is 1.28. The van der Waals surface area contributed by atoms with Gasteiger partial charge in [0, 0.05) is 60.4 Å². The number of para-hydroxylation sites is 5. The molecule has 0 radical (unpaired) electrons. The van der Waals surface area contributed by atoms with E-state index in [1.54, 1.807) is 0 Å². The number of aromatic amines is 2. The van der Waals surface area contributed by atoms with Gasteiger partial charge < -0.3 is 14.9 Å². The minimum Gasteiger partial charge on any atom is -0.354 e. The molecule has 63 heavy (non-hydrogen) atoms. The molecule has 2 heterocycles. The summed E-state index contributed by atoms with van der Waals surface area (Å²) >= 11 is 0. The van der Waals surface area contributed by atoms with Gasteiger partial charge in [-0.25, -0.2) is 0 Å². The summed E-state index contributed by atoms with van der Waals surface area (Å²) in [5.74, 6) is 0. The number of fused-ring (bicyclic) bond motifs is 6. The van der Waals surface area contributed by atoms with Crippen LogP contribution in [0.4, 0.5) is 17.1 Å². The number of rotatable bonds is 8. The molecule has 10 aromatic carbocycles. The van der Waals surface area contributed by atoms with Crippen molar-refractivity contribution in [3.63, 3.8) is 0 Å². The van der Waals surface area contributed by atoms with Gasteiger partial charge in [-0.2, -0.15) is 0 Å². The van der Waals surface area contributed by atoms with Gasteiger partial charge in [-0.05, 0) is 58.1 Å². The second-order valence-corrected chi connectivity index (χ2v) is 16.1. The first-order chi connectivity index (χ1) is 31.3. The van der Waals surface area contributed by atoms with Crippen LogP contribution in [0.1, 0.15) is 0 Å². The van der Waals surface area contributed by atoms with Crippen molar-refractivity contribution < 1.29 is 0 Å². The molecule has 0 saturated carbocycles. The quantitative estimate of drug-likeness (QED) is 0.158. The Hall–Kier alpha value is -8.40. The van der Waals surface area contributed by atoms with Crippen molar-refractivity contribution in [2.75, 3.05) is 4.90 Å². The molecule has 2 aromatic heterocycles. The average molecular weight is 804 g/mol. The lowest BCUT2D eigenvalue weighted by Gasteiger charge is -2.32. The van der Waals surface area contributed by atoms with Crippen molar-refractivity contribution in [1.82, 2.24) is 9.97 Å². The Morgan fingerprint density at radius 2 is 0.571 bits per heavy atom. The first-order valence-corrected chi connectivity index (χ1v) is 21.6. The van der Waals surface area contributed by atoms with Gasteiger partial charge in [0.15, 0.2) is 0 Å². The zero-order valence-electron chi connectivity index (χ0n) is 34.5. The normalized spacial score (nSPS) is 11.5. The minimum atomic E-state index is 1.07. The number of nitrogens with one attached hydrogen (secondary N) is 2. The lowest BCUT2D eigenvalue weighted by Crippen LogP contribution is -2.14. The smallest absolute Gasteiger partial charge is 0.0551 e. The summed E-state index contributed by atoms with van der Waals surface area (Å²) in [5, 5.41) is 4.82. The van der Waals surface area contributed by atoms with E-state index in [1.807, 2.05) is 0 Å². The van der Waals surface area contributed by atoms with Gasteiger partial charge in [-0.1, -0.05) is 206 Å². The predicted molar refractivity (Wildman–Crippen MR) is 267 cm³/mol. The van der Waals surface area contributed by atoms with Crippen LogP contribution >= 0.6 is 0 Å². The van der Waals surface area contributed by atoms with Crippen molar-refractivity contribution in [1.29, 1.82) is 0 Å². The van der Waals surface area contributed by atoms with Crippen LogP contribution in [0, 0.1) is 0 Å². The number of aromatic nitrogens is 2. The van der Waals surface area contributed by atoms with E-state index in [0.29, 0.717) is 0 Å². The Kier molecular flexibility index (Phi) is 8.83. The SMILES string of the molecule is c1ccc(-c2ccccc2N(c2ccccc2-c2c(-c3ccccc3)ccc3c2[nH]c2ccccc23)c2ccccc2-c2c(-c3ccccc3)ccc3c2[nH]c2ccccc23)cc1. The van der Waals surface area contributed by atoms with Crippen LogP contribution in [0.25, 0.3) is 99.2 Å². The highest BCUT2D eigenvalue weighted by Crippen LogP contribution is 2.52. The average Bonchev–Trinajstić information content (AvgIpc) is 3.94. The van der Waals surface area contributed by atoms with Gasteiger partial charge in [-0.15, -0.1) is 0 Å². The molecule has 0 unspecified atom stereocenters. The second-order valence-electron chi connectivity index (χ2n) is 16.1. The Balaban J connectivity index is 1.21. The van der Waals surface area contributed by atoms with Crippen molar-refractivity contribution >= 4 is 60.7 Å². The van der Waals surface area contributed by atoms with E-state index in [2.05, 4.69) is 251 Å². The maximum Gasteiger partial charge on any atom is 0.0551 e. The second kappa shape index (κ2) is 15.3. The van der Waals surface area contributed by atoms with E-state index in [-0.39, 0.29) is 0 Å². The molecule has 12 rings (SSSR count). The molecule has 0 bridgehead atoms. The number of nitrogens with zero attached hydrogens (tertiary/aromatic N) is 1. The largest absolute Gasteiger partial charge is 0.354 e. The van der Waals surface area contributed by atoms with Gasteiger partial charge >= 0.3 is 0 Å². The summed E-state index contributed by atoms with van der Waals surface area (Å²) in [6.45, 7) is 0. The molecular weight excluding hydrogens is 763 g/mol. The molecule has 2 N–H and O–H groups in total. The van der Waals surface area contributed by atoms with E-state index >= 15 is 0 Å². The number of anilines is 3. The number of hydrogen-bond donors (Lipinski definition) is 2. The summed E-state index contributed by atoms with van der Waals surface area (Å²) in [7, 11) is 0.